The largest absolute Gasteiger partial charge is 0.390 e. The molecule has 0 radical (unpaired) electrons. The number of nitrogens with zero attached hydrogens (tertiary/aromatic N) is 1. The van der Waals surface area contributed by atoms with E-state index in [-0.39, 0.29) is 11.8 Å². The first kappa shape index (κ1) is 15.2. The maximum atomic E-state index is 12.4. The molecule has 1 atom stereocenters. The van der Waals surface area contributed by atoms with E-state index in [1.807, 2.05) is 11.8 Å². The van der Waals surface area contributed by atoms with Crippen LogP contribution < -0.4 is 0 Å². The van der Waals surface area contributed by atoms with Gasteiger partial charge in [0.2, 0.25) is 5.91 Å². The number of carbonyl (C=O) groups is 1. The predicted molar refractivity (Wildman–Crippen MR) is 89.9 cm³/mol. The summed E-state index contributed by atoms with van der Waals surface area (Å²) in [5.41, 5.74) is 1.25. The molecule has 0 unspecified atom stereocenters. The molecule has 1 aliphatic heterocycles. The van der Waals surface area contributed by atoms with Gasteiger partial charge in [0.1, 0.15) is 0 Å². The Morgan fingerprint density at radius 2 is 1.78 bits per heavy atom. The van der Waals surface area contributed by atoms with Gasteiger partial charge in [-0.25, -0.2) is 0 Å². The fraction of sp³-hybridized carbons (Fsp3) is 0.650. The minimum atomic E-state index is -0.602. The number of benzene rings is 1. The van der Waals surface area contributed by atoms with Crippen LogP contribution in [0.2, 0.25) is 0 Å². The molecular formula is C20H27NO2. The molecule has 3 fully saturated rings. The standard InChI is InChI=1S/C20H27NO2/c1-14(15-6-4-3-5-7-15)16-10-20(11-16)12-21(13-20)18(22)17-8-19(2,23)9-17/h3-7,14,16-17,23H,8-13H2,1-2H3/t14-,17?,19?/m0/s1. The molecule has 1 amide bonds. The fourth-order valence-corrected chi connectivity index (χ4v) is 5.05. The summed E-state index contributed by atoms with van der Waals surface area (Å²) in [4.78, 5) is 14.4. The van der Waals surface area contributed by atoms with E-state index in [1.54, 1.807) is 0 Å². The number of carbonyl (C=O) groups excluding carboxylic acids is 1. The summed E-state index contributed by atoms with van der Waals surface area (Å²) < 4.78 is 0. The van der Waals surface area contributed by atoms with E-state index in [1.165, 1.54) is 18.4 Å². The van der Waals surface area contributed by atoms with Crippen molar-refractivity contribution in [3.8, 4) is 0 Å². The number of hydrogen-bond donors (Lipinski definition) is 1. The Morgan fingerprint density at radius 1 is 1.17 bits per heavy atom. The lowest BCUT2D eigenvalue weighted by Gasteiger charge is -2.61. The van der Waals surface area contributed by atoms with Crippen molar-refractivity contribution in [2.24, 2.45) is 17.3 Å². The zero-order valence-electron chi connectivity index (χ0n) is 14.2. The quantitative estimate of drug-likeness (QED) is 0.931. The summed E-state index contributed by atoms with van der Waals surface area (Å²) >= 11 is 0. The highest BCUT2D eigenvalue weighted by atomic mass is 16.3. The smallest absolute Gasteiger partial charge is 0.225 e. The molecular weight excluding hydrogens is 286 g/mol. The van der Waals surface area contributed by atoms with Crippen molar-refractivity contribution in [2.75, 3.05) is 13.1 Å². The van der Waals surface area contributed by atoms with Crippen LogP contribution in [-0.2, 0) is 4.79 Å². The van der Waals surface area contributed by atoms with Crippen molar-refractivity contribution in [2.45, 2.75) is 51.0 Å². The van der Waals surface area contributed by atoms with Crippen molar-refractivity contribution in [3.05, 3.63) is 35.9 Å². The van der Waals surface area contributed by atoms with E-state index in [0.29, 0.717) is 24.2 Å². The van der Waals surface area contributed by atoms with E-state index < -0.39 is 5.60 Å². The van der Waals surface area contributed by atoms with Crippen LogP contribution in [0.1, 0.15) is 51.0 Å². The second-order valence-electron chi connectivity index (χ2n) is 8.66. The highest BCUT2D eigenvalue weighted by Gasteiger charge is 2.56. The molecule has 2 aliphatic carbocycles. The van der Waals surface area contributed by atoms with E-state index in [9.17, 15) is 9.90 Å². The zero-order chi connectivity index (χ0) is 16.2. The van der Waals surface area contributed by atoms with Crippen molar-refractivity contribution in [3.63, 3.8) is 0 Å². The molecule has 124 valence electrons. The van der Waals surface area contributed by atoms with Crippen LogP contribution >= 0.6 is 0 Å². The van der Waals surface area contributed by atoms with Gasteiger partial charge in [-0.1, -0.05) is 37.3 Å². The molecule has 2 saturated carbocycles. The average Bonchev–Trinajstić information content (AvgIpc) is 2.42. The van der Waals surface area contributed by atoms with Gasteiger partial charge in [0.05, 0.1) is 5.60 Å². The van der Waals surface area contributed by atoms with Gasteiger partial charge in [0.25, 0.3) is 0 Å². The van der Waals surface area contributed by atoms with Crippen molar-refractivity contribution in [1.29, 1.82) is 0 Å². The lowest BCUT2D eigenvalue weighted by atomic mass is 9.54. The summed E-state index contributed by atoms with van der Waals surface area (Å²) in [7, 11) is 0. The summed E-state index contributed by atoms with van der Waals surface area (Å²) in [5, 5.41) is 9.80. The molecule has 0 bridgehead atoms. The van der Waals surface area contributed by atoms with Crippen LogP contribution in [0.15, 0.2) is 30.3 Å². The Bertz CT molecular complexity index is 587. The van der Waals surface area contributed by atoms with Crippen molar-refractivity contribution in [1.82, 2.24) is 4.90 Å². The Kier molecular flexibility index (Phi) is 3.35. The van der Waals surface area contributed by atoms with Gasteiger partial charge in [-0.05, 0) is 50.0 Å². The van der Waals surface area contributed by atoms with Crippen molar-refractivity contribution >= 4 is 5.91 Å². The molecule has 3 nitrogen and oxygen atoms in total. The SMILES string of the molecule is C[C@@H](c1ccccc1)C1CC2(C1)CN(C(=O)C1CC(C)(O)C1)C2. The van der Waals surface area contributed by atoms with E-state index >= 15 is 0 Å². The Morgan fingerprint density at radius 3 is 2.35 bits per heavy atom. The first-order chi connectivity index (χ1) is 10.9. The second-order valence-corrected chi connectivity index (χ2v) is 8.66. The lowest BCUT2D eigenvalue weighted by molar-refractivity contribution is -0.172. The molecule has 0 aromatic heterocycles. The molecule has 3 heteroatoms. The third kappa shape index (κ3) is 2.59. The summed E-state index contributed by atoms with van der Waals surface area (Å²) in [6, 6.07) is 10.8. The summed E-state index contributed by atoms with van der Waals surface area (Å²) in [5.74, 6) is 1.73. The molecule has 3 aliphatic rings. The monoisotopic (exact) mass is 313 g/mol. The normalized spacial score (nSPS) is 33.5. The molecule has 1 saturated heterocycles. The number of likely N-dealkylation sites (tertiary alicyclic amines) is 1. The number of rotatable bonds is 3. The lowest BCUT2D eigenvalue weighted by Crippen LogP contribution is -2.66. The van der Waals surface area contributed by atoms with Gasteiger partial charge < -0.3 is 10.0 Å². The van der Waals surface area contributed by atoms with Gasteiger partial charge in [-0.2, -0.15) is 0 Å². The Hall–Kier alpha value is -1.35. The topological polar surface area (TPSA) is 40.5 Å². The number of aliphatic hydroxyl groups is 1. The maximum Gasteiger partial charge on any atom is 0.225 e. The highest BCUT2D eigenvalue weighted by molar-refractivity contribution is 5.81. The maximum absolute atomic E-state index is 12.4. The molecule has 1 spiro atoms. The number of hydrogen-bond acceptors (Lipinski definition) is 2. The van der Waals surface area contributed by atoms with Crippen LogP contribution in [0.25, 0.3) is 0 Å². The highest BCUT2D eigenvalue weighted by Crippen LogP contribution is 2.56. The van der Waals surface area contributed by atoms with Gasteiger partial charge in [-0.3, -0.25) is 4.79 Å². The van der Waals surface area contributed by atoms with Gasteiger partial charge in [0, 0.05) is 24.4 Å². The Balaban J connectivity index is 1.26. The zero-order valence-corrected chi connectivity index (χ0v) is 14.2. The van der Waals surface area contributed by atoms with E-state index in [4.69, 9.17) is 0 Å². The van der Waals surface area contributed by atoms with Crippen LogP contribution in [-0.4, -0.2) is 34.6 Å². The number of amides is 1. The molecule has 4 rings (SSSR count). The molecule has 1 aromatic carbocycles. The molecule has 1 aromatic rings. The van der Waals surface area contributed by atoms with Gasteiger partial charge in [-0.15, -0.1) is 0 Å². The van der Waals surface area contributed by atoms with E-state index in [2.05, 4.69) is 37.3 Å². The third-order valence-corrected chi connectivity index (χ3v) is 6.51. The Labute approximate surface area is 138 Å². The van der Waals surface area contributed by atoms with Crippen LogP contribution in [0.5, 0.6) is 0 Å². The molecule has 23 heavy (non-hydrogen) atoms. The fourth-order valence-electron chi connectivity index (χ4n) is 5.05. The van der Waals surface area contributed by atoms with Crippen LogP contribution in [0, 0.1) is 17.3 Å². The molecule has 1 heterocycles. The summed E-state index contributed by atoms with van der Waals surface area (Å²) in [6.45, 7) is 6.06. The predicted octanol–water partition coefficient (Wildman–Crippen LogP) is 3.19. The first-order valence-electron chi connectivity index (χ1n) is 8.94. The van der Waals surface area contributed by atoms with Crippen LogP contribution in [0.3, 0.4) is 0 Å². The molecule has 1 N–H and O–H groups in total. The van der Waals surface area contributed by atoms with Gasteiger partial charge in [0.15, 0.2) is 0 Å². The first-order valence-corrected chi connectivity index (χ1v) is 8.94. The minimum absolute atomic E-state index is 0.0708. The van der Waals surface area contributed by atoms with Crippen molar-refractivity contribution < 1.29 is 9.90 Å². The summed E-state index contributed by atoms with van der Waals surface area (Å²) in [6.07, 6.45) is 3.80. The third-order valence-electron chi connectivity index (χ3n) is 6.51. The van der Waals surface area contributed by atoms with Crippen LogP contribution in [0.4, 0.5) is 0 Å². The average molecular weight is 313 g/mol. The van der Waals surface area contributed by atoms with E-state index in [0.717, 1.165) is 19.0 Å². The van der Waals surface area contributed by atoms with Gasteiger partial charge >= 0.3 is 0 Å². The second kappa shape index (κ2) is 5.07. The minimum Gasteiger partial charge on any atom is -0.390 e.